The van der Waals surface area contributed by atoms with Gasteiger partial charge in [0.05, 0.1) is 0 Å². The van der Waals surface area contributed by atoms with Crippen LogP contribution < -0.4 is 0 Å². The van der Waals surface area contributed by atoms with Gasteiger partial charge < -0.3 is 14.2 Å². The number of hydrogen-bond acceptors (Lipinski definition) is 6. The van der Waals surface area contributed by atoms with Crippen LogP contribution in [0.2, 0.25) is 0 Å². The minimum atomic E-state index is -0.791. The van der Waals surface area contributed by atoms with Crippen molar-refractivity contribution in [2.75, 3.05) is 13.2 Å². The standard InChI is InChI=1S/C52H90O6/c1-4-7-10-13-16-19-22-24-25-26-28-30-33-36-39-42-45-51(54)57-48-49(47-56-50(53)44-41-38-35-32-29-21-18-15-12-9-6-3)58-52(55)46-43-40-37-34-31-27-23-20-17-14-11-8-5-2/h7,10,16,19,24-25,27-28,30-31,49H,4-6,8-9,11-15,17-18,20-23,26,29,32-48H2,1-3H3/b10-7-,19-16-,25-24-,30-28-,31-27-. The van der Waals surface area contributed by atoms with Crippen molar-refractivity contribution in [1.82, 2.24) is 0 Å². The molecule has 6 heteroatoms. The Bertz CT molecular complexity index is 1070. The quantitative estimate of drug-likeness (QED) is 0.0264. The van der Waals surface area contributed by atoms with Crippen LogP contribution in [0.15, 0.2) is 60.8 Å². The molecule has 0 aromatic rings. The highest BCUT2D eigenvalue weighted by Gasteiger charge is 2.19. The van der Waals surface area contributed by atoms with Crippen LogP contribution in [-0.4, -0.2) is 37.2 Å². The van der Waals surface area contributed by atoms with E-state index in [1.165, 1.54) is 89.9 Å². The Kier molecular flexibility index (Phi) is 44.5. The molecule has 1 unspecified atom stereocenters. The molecule has 0 aliphatic carbocycles. The van der Waals surface area contributed by atoms with Crippen molar-refractivity contribution in [1.29, 1.82) is 0 Å². The molecule has 0 radical (unpaired) electrons. The zero-order chi connectivity index (χ0) is 42.3. The van der Waals surface area contributed by atoms with Gasteiger partial charge in [-0.15, -0.1) is 0 Å². The van der Waals surface area contributed by atoms with Gasteiger partial charge in [0.25, 0.3) is 0 Å². The third-order valence-electron chi connectivity index (χ3n) is 10.3. The van der Waals surface area contributed by atoms with Gasteiger partial charge in [-0.3, -0.25) is 14.4 Å². The minimum absolute atomic E-state index is 0.0891. The van der Waals surface area contributed by atoms with Gasteiger partial charge in [-0.05, 0) is 83.5 Å². The van der Waals surface area contributed by atoms with Crippen LogP contribution in [0.1, 0.15) is 233 Å². The van der Waals surface area contributed by atoms with Crippen molar-refractivity contribution < 1.29 is 28.6 Å². The summed E-state index contributed by atoms with van der Waals surface area (Å²) in [7, 11) is 0. The normalized spacial score (nSPS) is 12.5. The summed E-state index contributed by atoms with van der Waals surface area (Å²) < 4.78 is 16.7. The second-order valence-electron chi connectivity index (χ2n) is 16.0. The smallest absolute Gasteiger partial charge is 0.306 e. The van der Waals surface area contributed by atoms with Crippen LogP contribution in [0.4, 0.5) is 0 Å². The molecule has 0 spiro atoms. The van der Waals surface area contributed by atoms with E-state index < -0.39 is 6.10 Å². The molecule has 0 aliphatic rings. The number of carbonyl (C=O) groups excluding carboxylic acids is 3. The van der Waals surface area contributed by atoms with Crippen molar-refractivity contribution in [2.24, 2.45) is 0 Å². The first-order valence-corrected chi connectivity index (χ1v) is 24.3. The number of ether oxygens (including phenoxy) is 3. The zero-order valence-corrected chi connectivity index (χ0v) is 38.0. The van der Waals surface area contributed by atoms with E-state index in [0.717, 1.165) is 103 Å². The maximum Gasteiger partial charge on any atom is 0.306 e. The highest BCUT2D eigenvalue weighted by Crippen LogP contribution is 2.14. The van der Waals surface area contributed by atoms with Gasteiger partial charge in [0.1, 0.15) is 13.2 Å². The van der Waals surface area contributed by atoms with Gasteiger partial charge >= 0.3 is 17.9 Å². The van der Waals surface area contributed by atoms with Crippen LogP contribution >= 0.6 is 0 Å². The number of carbonyl (C=O) groups is 3. The Balaban J connectivity index is 4.44. The minimum Gasteiger partial charge on any atom is -0.462 e. The third kappa shape index (κ3) is 44.2. The molecule has 0 fully saturated rings. The van der Waals surface area contributed by atoms with Gasteiger partial charge in [0.15, 0.2) is 6.10 Å². The number of allylic oxidation sites excluding steroid dienone is 10. The summed E-state index contributed by atoms with van der Waals surface area (Å²) in [6.45, 7) is 6.46. The molecule has 6 nitrogen and oxygen atoms in total. The molecule has 0 aromatic heterocycles. The molecule has 0 saturated carbocycles. The van der Waals surface area contributed by atoms with Gasteiger partial charge in [0, 0.05) is 19.3 Å². The molecular formula is C52H90O6. The van der Waals surface area contributed by atoms with E-state index in [4.69, 9.17) is 14.2 Å². The summed E-state index contributed by atoms with van der Waals surface area (Å²) in [6.07, 6.45) is 56.3. The van der Waals surface area contributed by atoms with Crippen molar-refractivity contribution in [3.63, 3.8) is 0 Å². The molecule has 1 atom stereocenters. The molecule has 0 N–H and O–H groups in total. The van der Waals surface area contributed by atoms with E-state index in [1.807, 2.05) is 0 Å². The predicted octanol–water partition coefficient (Wildman–Crippen LogP) is 15.7. The van der Waals surface area contributed by atoms with Crippen molar-refractivity contribution >= 4 is 17.9 Å². The Morgan fingerprint density at radius 2 is 0.672 bits per heavy atom. The molecule has 0 heterocycles. The second-order valence-corrected chi connectivity index (χ2v) is 16.0. The van der Waals surface area contributed by atoms with Gasteiger partial charge in [-0.25, -0.2) is 0 Å². The van der Waals surface area contributed by atoms with E-state index in [9.17, 15) is 14.4 Å². The Morgan fingerprint density at radius 1 is 0.362 bits per heavy atom. The Hall–Kier alpha value is -2.89. The molecule has 0 rings (SSSR count). The number of hydrogen-bond donors (Lipinski definition) is 0. The number of rotatable bonds is 43. The fraction of sp³-hybridized carbons (Fsp3) is 0.750. The predicted molar refractivity (Wildman–Crippen MR) is 247 cm³/mol. The van der Waals surface area contributed by atoms with E-state index in [2.05, 4.69) is 81.5 Å². The first kappa shape index (κ1) is 55.1. The lowest BCUT2D eigenvalue weighted by molar-refractivity contribution is -0.167. The Labute approximate surface area is 358 Å². The van der Waals surface area contributed by atoms with Gasteiger partial charge in [0.2, 0.25) is 0 Å². The summed E-state index contributed by atoms with van der Waals surface area (Å²) >= 11 is 0. The molecular weight excluding hydrogens is 721 g/mol. The lowest BCUT2D eigenvalue weighted by Crippen LogP contribution is -2.30. The molecule has 0 aliphatic heterocycles. The van der Waals surface area contributed by atoms with Crippen LogP contribution in [0.5, 0.6) is 0 Å². The summed E-state index contributed by atoms with van der Waals surface area (Å²) in [6, 6.07) is 0. The van der Waals surface area contributed by atoms with E-state index in [1.54, 1.807) is 0 Å². The summed E-state index contributed by atoms with van der Waals surface area (Å²) in [5, 5.41) is 0. The average Bonchev–Trinajstić information content (AvgIpc) is 3.22. The number of unbranched alkanes of at least 4 members (excludes halogenated alkanes) is 22. The fourth-order valence-electron chi connectivity index (χ4n) is 6.60. The topological polar surface area (TPSA) is 78.9 Å². The van der Waals surface area contributed by atoms with Crippen molar-refractivity contribution in [2.45, 2.75) is 239 Å². The van der Waals surface area contributed by atoms with Crippen LogP contribution in [-0.2, 0) is 28.6 Å². The average molecular weight is 811 g/mol. The second kappa shape index (κ2) is 46.8. The van der Waals surface area contributed by atoms with Crippen LogP contribution in [0, 0.1) is 0 Å². The molecule has 0 bridgehead atoms. The summed E-state index contributed by atoms with van der Waals surface area (Å²) in [4.78, 5) is 37.8. The number of esters is 3. The van der Waals surface area contributed by atoms with E-state index >= 15 is 0 Å². The molecule has 334 valence electrons. The van der Waals surface area contributed by atoms with E-state index in [-0.39, 0.29) is 31.1 Å². The molecule has 58 heavy (non-hydrogen) atoms. The monoisotopic (exact) mass is 811 g/mol. The summed E-state index contributed by atoms with van der Waals surface area (Å²) in [5.41, 5.74) is 0. The molecule has 0 saturated heterocycles. The highest BCUT2D eigenvalue weighted by molar-refractivity contribution is 5.71. The first-order chi connectivity index (χ1) is 28.5. The summed E-state index contributed by atoms with van der Waals surface area (Å²) in [5.74, 6) is -0.938. The fourth-order valence-corrected chi connectivity index (χ4v) is 6.60. The Morgan fingerprint density at radius 3 is 1.09 bits per heavy atom. The zero-order valence-electron chi connectivity index (χ0n) is 38.0. The van der Waals surface area contributed by atoms with Crippen LogP contribution in [0.3, 0.4) is 0 Å². The van der Waals surface area contributed by atoms with Crippen molar-refractivity contribution in [3.05, 3.63) is 60.8 Å². The van der Waals surface area contributed by atoms with Crippen LogP contribution in [0.25, 0.3) is 0 Å². The highest BCUT2D eigenvalue weighted by atomic mass is 16.6. The van der Waals surface area contributed by atoms with E-state index in [0.29, 0.717) is 19.3 Å². The molecule has 0 amide bonds. The third-order valence-corrected chi connectivity index (χ3v) is 10.3. The maximum absolute atomic E-state index is 12.7. The SMILES string of the molecule is CC/C=C\C/C=C\C/C=C\C/C=C\CCCCCC(=O)OCC(COC(=O)CCCCCCCCCCCCC)OC(=O)CCCCC/C=C\CCCCCCCC. The molecule has 0 aromatic carbocycles. The van der Waals surface area contributed by atoms with Gasteiger partial charge in [-0.2, -0.15) is 0 Å². The largest absolute Gasteiger partial charge is 0.462 e. The lowest BCUT2D eigenvalue weighted by atomic mass is 10.1. The van der Waals surface area contributed by atoms with Gasteiger partial charge in [-0.1, -0.05) is 191 Å². The maximum atomic E-state index is 12.7. The first-order valence-electron chi connectivity index (χ1n) is 24.3. The van der Waals surface area contributed by atoms with Crippen molar-refractivity contribution in [3.8, 4) is 0 Å². The lowest BCUT2D eigenvalue weighted by Gasteiger charge is -2.18.